The van der Waals surface area contributed by atoms with Gasteiger partial charge in [0.15, 0.2) is 11.6 Å². The number of methoxy groups -OCH3 is 1. The lowest BCUT2D eigenvalue weighted by molar-refractivity contribution is 0.248. The molecule has 3 rings (SSSR count). The highest BCUT2D eigenvalue weighted by atomic mass is 19.2. The molecule has 1 aromatic carbocycles. The topological polar surface area (TPSA) is 18.5 Å². The molecule has 1 saturated carbocycles. The molecule has 4 heteroatoms. The van der Waals surface area contributed by atoms with E-state index >= 15 is 0 Å². The summed E-state index contributed by atoms with van der Waals surface area (Å²) >= 11 is 0. The summed E-state index contributed by atoms with van der Waals surface area (Å²) in [7, 11) is 1.55. The number of ether oxygens (including phenoxy) is 2. The van der Waals surface area contributed by atoms with Crippen LogP contribution in [0.3, 0.4) is 0 Å². The van der Waals surface area contributed by atoms with E-state index in [-0.39, 0.29) is 5.41 Å². The van der Waals surface area contributed by atoms with Crippen LogP contribution in [-0.4, -0.2) is 13.7 Å². The van der Waals surface area contributed by atoms with Gasteiger partial charge in [0.05, 0.1) is 20.0 Å². The molecule has 1 aliphatic heterocycles. The summed E-state index contributed by atoms with van der Waals surface area (Å²) in [5.41, 5.74) is 1.47. The molecule has 1 aromatic rings. The van der Waals surface area contributed by atoms with Crippen molar-refractivity contribution >= 4 is 5.57 Å². The van der Waals surface area contributed by atoms with Gasteiger partial charge in [-0.2, -0.15) is 0 Å². The smallest absolute Gasteiger partial charge is 0.162 e. The molecule has 1 spiro atoms. The summed E-state index contributed by atoms with van der Waals surface area (Å²) in [4.78, 5) is 0. The highest BCUT2D eigenvalue weighted by molar-refractivity contribution is 5.77. The highest BCUT2D eigenvalue weighted by Gasteiger charge is 2.50. The average molecular weight is 238 g/mol. The van der Waals surface area contributed by atoms with E-state index in [2.05, 4.69) is 0 Å². The van der Waals surface area contributed by atoms with Crippen LogP contribution in [0.25, 0.3) is 5.57 Å². The van der Waals surface area contributed by atoms with Crippen LogP contribution in [0.15, 0.2) is 18.4 Å². The van der Waals surface area contributed by atoms with Crippen molar-refractivity contribution in [3.63, 3.8) is 0 Å². The lowest BCUT2D eigenvalue weighted by atomic mass is 9.88. The van der Waals surface area contributed by atoms with Crippen LogP contribution in [-0.2, 0) is 4.74 Å². The number of fused-ring (bicyclic) bond motifs is 1. The van der Waals surface area contributed by atoms with Crippen molar-refractivity contribution in [3.05, 3.63) is 35.6 Å². The number of benzene rings is 1. The molecule has 0 aromatic heterocycles. The predicted molar refractivity (Wildman–Crippen MR) is 58.5 cm³/mol. The Hall–Kier alpha value is -1.58. The molecule has 0 amide bonds. The van der Waals surface area contributed by atoms with Gasteiger partial charge < -0.3 is 9.47 Å². The molecule has 1 aliphatic carbocycles. The number of halogens is 2. The van der Waals surface area contributed by atoms with Crippen molar-refractivity contribution in [2.45, 2.75) is 12.8 Å². The van der Waals surface area contributed by atoms with Gasteiger partial charge in [-0.3, -0.25) is 0 Å². The molecule has 0 bridgehead atoms. The first-order chi connectivity index (χ1) is 8.16. The quantitative estimate of drug-likeness (QED) is 0.700. The van der Waals surface area contributed by atoms with Gasteiger partial charge in [0.25, 0.3) is 0 Å². The fourth-order valence-electron chi connectivity index (χ4n) is 2.31. The SMILES string of the molecule is CO/C=C1\c2cc(F)c(F)cc2OCC12CC2. The van der Waals surface area contributed by atoms with Crippen molar-refractivity contribution in [1.82, 2.24) is 0 Å². The first-order valence-corrected chi connectivity index (χ1v) is 5.52. The maximum atomic E-state index is 13.3. The van der Waals surface area contributed by atoms with Crippen molar-refractivity contribution in [3.8, 4) is 5.75 Å². The molecular formula is C13H12F2O2. The minimum Gasteiger partial charge on any atom is -0.504 e. The van der Waals surface area contributed by atoms with Gasteiger partial charge in [0.1, 0.15) is 5.75 Å². The van der Waals surface area contributed by atoms with Crippen molar-refractivity contribution in [1.29, 1.82) is 0 Å². The second-order valence-electron chi connectivity index (χ2n) is 4.60. The highest BCUT2D eigenvalue weighted by Crippen LogP contribution is 2.59. The van der Waals surface area contributed by atoms with Gasteiger partial charge in [-0.25, -0.2) is 8.78 Å². The molecule has 2 nitrogen and oxygen atoms in total. The molecule has 0 radical (unpaired) electrons. The maximum absolute atomic E-state index is 13.3. The van der Waals surface area contributed by atoms with E-state index in [0.717, 1.165) is 24.5 Å². The van der Waals surface area contributed by atoms with E-state index in [9.17, 15) is 8.78 Å². The molecule has 17 heavy (non-hydrogen) atoms. The fourth-order valence-corrected chi connectivity index (χ4v) is 2.31. The molecule has 1 fully saturated rings. The largest absolute Gasteiger partial charge is 0.504 e. The maximum Gasteiger partial charge on any atom is 0.162 e. The van der Waals surface area contributed by atoms with Crippen molar-refractivity contribution in [2.75, 3.05) is 13.7 Å². The van der Waals surface area contributed by atoms with Gasteiger partial charge in [-0.05, 0) is 18.9 Å². The number of hydrogen-bond acceptors (Lipinski definition) is 2. The third kappa shape index (κ3) is 1.51. The molecule has 1 heterocycles. The van der Waals surface area contributed by atoms with Crippen LogP contribution >= 0.6 is 0 Å². The predicted octanol–water partition coefficient (Wildman–Crippen LogP) is 3.12. The summed E-state index contributed by atoms with van der Waals surface area (Å²) in [6, 6.07) is 2.29. The van der Waals surface area contributed by atoms with Crippen LogP contribution < -0.4 is 4.74 Å². The molecule has 2 aliphatic rings. The standard InChI is InChI=1S/C13H12F2O2/c1-16-6-9-8-4-10(14)11(15)5-12(8)17-7-13(9)2-3-13/h4-6H,2-3,7H2,1H3/b9-6+. The van der Waals surface area contributed by atoms with E-state index in [1.807, 2.05) is 0 Å². The van der Waals surface area contributed by atoms with Gasteiger partial charge in [-0.1, -0.05) is 0 Å². The van der Waals surface area contributed by atoms with E-state index in [0.29, 0.717) is 17.9 Å². The zero-order valence-electron chi connectivity index (χ0n) is 9.43. The normalized spacial score (nSPS) is 22.2. The van der Waals surface area contributed by atoms with E-state index in [4.69, 9.17) is 9.47 Å². The summed E-state index contributed by atoms with van der Waals surface area (Å²) in [6.07, 6.45) is 3.62. The van der Waals surface area contributed by atoms with Gasteiger partial charge in [0, 0.05) is 22.6 Å². The molecule has 0 N–H and O–H groups in total. The van der Waals surface area contributed by atoms with Crippen LogP contribution in [0, 0.1) is 17.0 Å². The fraction of sp³-hybridized carbons (Fsp3) is 0.385. The zero-order chi connectivity index (χ0) is 12.0. The Morgan fingerprint density at radius 1 is 1.29 bits per heavy atom. The monoisotopic (exact) mass is 238 g/mol. The van der Waals surface area contributed by atoms with E-state index in [1.54, 1.807) is 13.4 Å². The Labute approximate surface area is 97.8 Å². The van der Waals surface area contributed by atoms with Gasteiger partial charge in [0.2, 0.25) is 0 Å². The van der Waals surface area contributed by atoms with E-state index < -0.39 is 11.6 Å². The van der Waals surface area contributed by atoms with Crippen LogP contribution in [0.5, 0.6) is 5.75 Å². The molecule has 0 unspecified atom stereocenters. The third-order valence-electron chi connectivity index (χ3n) is 3.48. The number of rotatable bonds is 1. The molecule has 0 atom stereocenters. The Balaban J connectivity index is 2.15. The minimum absolute atomic E-state index is 0.0483. The zero-order valence-corrected chi connectivity index (χ0v) is 9.43. The second-order valence-corrected chi connectivity index (χ2v) is 4.60. The molecule has 90 valence electrons. The Morgan fingerprint density at radius 3 is 2.65 bits per heavy atom. The average Bonchev–Trinajstić information content (AvgIpc) is 3.07. The first kappa shape index (κ1) is 10.6. The summed E-state index contributed by atoms with van der Waals surface area (Å²) < 4.78 is 37.0. The Kier molecular flexibility index (Phi) is 2.15. The molecular weight excluding hydrogens is 226 g/mol. The van der Waals surface area contributed by atoms with Crippen molar-refractivity contribution in [2.24, 2.45) is 5.41 Å². The van der Waals surface area contributed by atoms with E-state index in [1.165, 1.54) is 6.07 Å². The Morgan fingerprint density at radius 2 is 2.00 bits per heavy atom. The Bertz CT molecular complexity index is 504. The minimum atomic E-state index is -0.882. The van der Waals surface area contributed by atoms with Gasteiger partial charge >= 0.3 is 0 Å². The van der Waals surface area contributed by atoms with Crippen molar-refractivity contribution < 1.29 is 18.3 Å². The van der Waals surface area contributed by atoms with Crippen LogP contribution in [0.2, 0.25) is 0 Å². The lowest BCUT2D eigenvalue weighted by Gasteiger charge is -2.28. The lowest BCUT2D eigenvalue weighted by Crippen LogP contribution is -2.21. The van der Waals surface area contributed by atoms with Gasteiger partial charge in [-0.15, -0.1) is 0 Å². The summed E-state index contributed by atoms with van der Waals surface area (Å²) in [5, 5.41) is 0. The number of hydrogen-bond donors (Lipinski definition) is 0. The summed E-state index contributed by atoms with van der Waals surface area (Å²) in [6.45, 7) is 0.514. The van der Waals surface area contributed by atoms with Crippen LogP contribution in [0.1, 0.15) is 18.4 Å². The first-order valence-electron chi connectivity index (χ1n) is 5.52. The summed E-state index contributed by atoms with van der Waals surface area (Å²) in [5.74, 6) is -1.34. The second kappa shape index (κ2) is 3.45. The molecule has 0 saturated heterocycles. The van der Waals surface area contributed by atoms with Crippen LogP contribution in [0.4, 0.5) is 8.78 Å². The third-order valence-corrected chi connectivity index (χ3v) is 3.48.